The van der Waals surface area contributed by atoms with Crippen LogP contribution in [0.15, 0.2) is 18.5 Å². The minimum Gasteiger partial charge on any atom is -0.350 e. The van der Waals surface area contributed by atoms with Gasteiger partial charge >= 0.3 is 0 Å². The average Bonchev–Trinajstić information content (AvgIpc) is 3.37. The lowest BCUT2D eigenvalue weighted by Gasteiger charge is -2.39. The Balaban J connectivity index is 1.29. The smallest absolute Gasteiger partial charge is 0.238 e. The Labute approximate surface area is 165 Å². The first kappa shape index (κ1) is 17.9. The van der Waals surface area contributed by atoms with E-state index in [1.807, 2.05) is 6.07 Å². The number of aromatic nitrogens is 2. The summed E-state index contributed by atoms with van der Waals surface area (Å²) in [7, 11) is 0. The van der Waals surface area contributed by atoms with Crippen molar-refractivity contribution >= 4 is 28.3 Å². The molecule has 0 aromatic carbocycles. The van der Waals surface area contributed by atoms with E-state index < -0.39 is 0 Å². The summed E-state index contributed by atoms with van der Waals surface area (Å²) in [6, 6.07) is 1.85. The van der Waals surface area contributed by atoms with Gasteiger partial charge in [-0.25, -0.2) is 0 Å². The highest BCUT2D eigenvalue weighted by Crippen LogP contribution is 2.46. The molecule has 2 N–H and O–H groups in total. The van der Waals surface area contributed by atoms with Crippen LogP contribution in [0.5, 0.6) is 0 Å². The summed E-state index contributed by atoms with van der Waals surface area (Å²) in [6.07, 6.45) is 13.2. The van der Waals surface area contributed by atoms with Crippen LogP contribution in [-0.2, 0) is 4.79 Å². The fourth-order valence-electron chi connectivity index (χ4n) is 5.09. The standard InChI is InChI=1S/C22H28N4O2/c27-18(14-26-11-8-22(9-12-26)6-1-2-7-22)25-19-16-13-23-10-5-17(16)24-20(19)21(28)15-3-4-15/h5,10,13,15,24H,1-4,6-9,11-12,14H2,(H,25,27). The molecule has 0 bridgehead atoms. The molecule has 3 fully saturated rings. The molecule has 148 valence electrons. The molecule has 6 heteroatoms. The van der Waals surface area contributed by atoms with E-state index in [-0.39, 0.29) is 17.6 Å². The number of fused-ring (bicyclic) bond motifs is 1. The minimum absolute atomic E-state index is 0.0445. The van der Waals surface area contributed by atoms with Crippen LogP contribution >= 0.6 is 0 Å². The second-order valence-corrected chi connectivity index (χ2v) is 8.97. The fourth-order valence-corrected chi connectivity index (χ4v) is 5.09. The van der Waals surface area contributed by atoms with Gasteiger partial charge in [-0.15, -0.1) is 0 Å². The van der Waals surface area contributed by atoms with E-state index in [0.29, 0.717) is 23.3 Å². The molecule has 28 heavy (non-hydrogen) atoms. The van der Waals surface area contributed by atoms with E-state index in [2.05, 4.69) is 20.2 Å². The topological polar surface area (TPSA) is 78.1 Å². The van der Waals surface area contributed by atoms with Gasteiger partial charge in [-0.3, -0.25) is 19.5 Å². The molecule has 2 aromatic rings. The van der Waals surface area contributed by atoms with Crippen molar-refractivity contribution < 1.29 is 9.59 Å². The second kappa shape index (κ2) is 6.99. The van der Waals surface area contributed by atoms with Crippen molar-refractivity contribution in [2.24, 2.45) is 11.3 Å². The summed E-state index contributed by atoms with van der Waals surface area (Å²) in [6.45, 7) is 2.38. The Morgan fingerprint density at radius 2 is 1.93 bits per heavy atom. The maximum atomic E-state index is 12.8. The number of Topliss-reactive ketones (excluding diaryl/α,β-unsaturated/α-hetero) is 1. The minimum atomic E-state index is -0.0445. The molecule has 0 atom stereocenters. The summed E-state index contributed by atoms with van der Waals surface area (Å²) in [5.74, 6) is 0.158. The zero-order chi connectivity index (χ0) is 19.1. The number of rotatable bonds is 5. The predicted octanol–water partition coefficient (Wildman–Crippen LogP) is 3.75. The number of hydrogen-bond donors (Lipinski definition) is 2. The van der Waals surface area contributed by atoms with Gasteiger partial charge < -0.3 is 10.3 Å². The molecule has 2 aliphatic carbocycles. The second-order valence-electron chi connectivity index (χ2n) is 8.97. The Kier molecular flexibility index (Phi) is 4.46. The lowest BCUT2D eigenvalue weighted by Crippen LogP contribution is -2.42. The number of piperidine rings is 1. The summed E-state index contributed by atoms with van der Waals surface area (Å²) < 4.78 is 0. The molecule has 5 rings (SSSR count). The SMILES string of the molecule is O=C(CN1CCC2(CCCC2)CC1)Nc1c(C(=O)C2CC2)[nH]c2ccncc12. The average molecular weight is 380 g/mol. The van der Waals surface area contributed by atoms with Crippen LogP contribution in [0, 0.1) is 11.3 Å². The van der Waals surface area contributed by atoms with Crippen LogP contribution in [0.25, 0.3) is 10.9 Å². The summed E-state index contributed by atoms with van der Waals surface area (Å²) >= 11 is 0. The number of H-pyrrole nitrogens is 1. The number of pyridine rings is 1. The number of ketones is 1. The van der Waals surface area contributed by atoms with Crippen molar-refractivity contribution in [3.63, 3.8) is 0 Å². The Morgan fingerprint density at radius 1 is 1.18 bits per heavy atom. The highest BCUT2D eigenvalue weighted by molar-refractivity contribution is 6.14. The summed E-state index contributed by atoms with van der Waals surface area (Å²) in [5.41, 5.74) is 2.53. The van der Waals surface area contributed by atoms with Crippen LogP contribution in [0.1, 0.15) is 61.9 Å². The van der Waals surface area contributed by atoms with Crippen molar-refractivity contribution in [2.75, 3.05) is 25.0 Å². The van der Waals surface area contributed by atoms with Gasteiger partial charge in [0.05, 0.1) is 17.7 Å². The van der Waals surface area contributed by atoms with E-state index in [0.717, 1.165) is 36.8 Å². The van der Waals surface area contributed by atoms with Crippen molar-refractivity contribution in [3.05, 3.63) is 24.2 Å². The lowest BCUT2D eigenvalue weighted by molar-refractivity contribution is -0.117. The van der Waals surface area contributed by atoms with Crippen LogP contribution in [0.4, 0.5) is 5.69 Å². The van der Waals surface area contributed by atoms with Gasteiger partial charge in [0, 0.05) is 23.7 Å². The maximum absolute atomic E-state index is 12.8. The molecule has 0 unspecified atom stereocenters. The molecular weight excluding hydrogens is 352 g/mol. The molecule has 3 heterocycles. The van der Waals surface area contributed by atoms with Gasteiger partial charge in [-0.1, -0.05) is 12.8 Å². The number of hydrogen-bond acceptors (Lipinski definition) is 4. The highest BCUT2D eigenvalue weighted by atomic mass is 16.2. The van der Waals surface area contributed by atoms with Gasteiger partial charge in [0.2, 0.25) is 5.91 Å². The van der Waals surface area contributed by atoms with Gasteiger partial charge in [0.25, 0.3) is 0 Å². The van der Waals surface area contributed by atoms with Crippen molar-refractivity contribution in [1.29, 1.82) is 0 Å². The molecular formula is C22H28N4O2. The van der Waals surface area contributed by atoms with Crippen LogP contribution < -0.4 is 5.32 Å². The van der Waals surface area contributed by atoms with E-state index in [1.54, 1.807) is 12.4 Å². The number of amides is 1. The quantitative estimate of drug-likeness (QED) is 0.775. The number of likely N-dealkylation sites (tertiary alicyclic amines) is 1. The summed E-state index contributed by atoms with van der Waals surface area (Å²) in [5, 5.41) is 3.84. The first-order valence-electron chi connectivity index (χ1n) is 10.7. The van der Waals surface area contributed by atoms with Crippen LogP contribution in [0.2, 0.25) is 0 Å². The molecule has 6 nitrogen and oxygen atoms in total. The molecule has 1 spiro atoms. The van der Waals surface area contributed by atoms with Gasteiger partial charge in [-0.2, -0.15) is 0 Å². The largest absolute Gasteiger partial charge is 0.350 e. The maximum Gasteiger partial charge on any atom is 0.238 e. The monoisotopic (exact) mass is 380 g/mol. The Morgan fingerprint density at radius 3 is 2.64 bits per heavy atom. The molecule has 1 aliphatic heterocycles. The molecule has 2 saturated carbocycles. The number of aromatic amines is 1. The van der Waals surface area contributed by atoms with Crippen molar-refractivity contribution in [1.82, 2.24) is 14.9 Å². The summed E-state index contributed by atoms with van der Waals surface area (Å²) in [4.78, 5) is 35.1. The predicted molar refractivity (Wildman–Crippen MR) is 108 cm³/mol. The van der Waals surface area contributed by atoms with Gasteiger partial charge in [-0.05, 0) is 63.1 Å². The van der Waals surface area contributed by atoms with E-state index in [1.165, 1.54) is 38.5 Å². The lowest BCUT2D eigenvalue weighted by atomic mass is 9.77. The van der Waals surface area contributed by atoms with E-state index in [4.69, 9.17) is 0 Å². The third-order valence-electron chi connectivity index (χ3n) is 7.01. The van der Waals surface area contributed by atoms with Gasteiger partial charge in [0.1, 0.15) is 5.69 Å². The Hall–Kier alpha value is -2.21. The number of carbonyl (C=O) groups excluding carboxylic acids is 2. The fraction of sp³-hybridized carbons (Fsp3) is 0.591. The zero-order valence-electron chi connectivity index (χ0n) is 16.3. The van der Waals surface area contributed by atoms with Crippen LogP contribution in [0.3, 0.4) is 0 Å². The van der Waals surface area contributed by atoms with Crippen molar-refractivity contribution in [2.45, 2.75) is 51.4 Å². The Bertz CT molecular complexity index is 898. The van der Waals surface area contributed by atoms with Gasteiger partial charge in [0.15, 0.2) is 5.78 Å². The third kappa shape index (κ3) is 3.34. The molecule has 3 aliphatic rings. The number of nitrogens with one attached hydrogen (secondary N) is 2. The zero-order valence-corrected chi connectivity index (χ0v) is 16.3. The number of anilines is 1. The third-order valence-corrected chi connectivity index (χ3v) is 7.01. The first-order chi connectivity index (χ1) is 13.6. The van der Waals surface area contributed by atoms with Crippen molar-refractivity contribution in [3.8, 4) is 0 Å². The highest BCUT2D eigenvalue weighted by Gasteiger charge is 2.37. The number of nitrogens with zero attached hydrogens (tertiary/aromatic N) is 2. The molecule has 1 amide bonds. The first-order valence-corrected chi connectivity index (χ1v) is 10.7. The molecule has 2 aromatic heterocycles. The normalized spacial score (nSPS) is 22.0. The van der Waals surface area contributed by atoms with E-state index >= 15 is 0 Å². The molecule has 0 radical (unpaired) electrons. The van der Waals surface area contributed by atoms with E-state index in [9.17, 15) is 9.59 Å². The number of carbonyl (C=O) groups is 2. The van der Waals surface area contributed by atoms with Crippen LogP contribution in [-0.4, -0.2) is 46.2 Å². The molecule has 1 saturated heterocycles.